The Labute approximate surface area is 160 Å². The van der Waals surface area contributed by atoms with E-state index in [9.17, 15) is 9.59 Å². The fourth-order valence-electron chi connectivity index (χ4n) is 3.36. The second kappa shape index (κ2) is 8.82. The number of hydrogen-bond donors (Lipinski definition) is 2. The zero-order valence-electron chi connectivity index (χ0n) is 16.0. The molecule has 2 N–H and O–H groups in total. The zero-order chi connectivity index (χ0) is 19.2. The number of nitrogens with zero attached hydrogens (tertiary/aromatic N) is 1. The molecule has 3 rings (SSSR count). The maximum Gasteiger partial charge on any atom is 0.251 e. The van der Waals surface area contributed by atoms with E-state index in [1.165, 1.54) is 11.1 Å². The summed E-state index contributed by atoms with van der Waals surface area (Å²) in [5, 5.41) is 5.80. The third kappa shape index (κ3) is 5.17. The number of hydrogen-bond acceptors (Lipinski definition) is 3. The lowest BCUT2D eigenvalue weighted by molar-refractivity contribution is -0.121. The number of fused-ring (bicyclic) bond motifs is 1. The maximum absolute atomic E-state index is 12.1. The van der Waals surface area contributed by atoms with Crippen molar-refractivity contribution in [3.8, 4) is 0 Å². The van der Waals surface area contributed by atoms with Crippen molar-refractivity contribution < 1.29 is 9.59 Å². The number of benzene rings is 2. The van der Waals surface area contributed by atoms with Gasteiger partial charge in [-0.15, -0.1) is 0 Å². The number of aryl methyl sites for hydroxylation is 1. The van der Waals surface area contributed by atoms with E-state index in [0.29, 0.717) is 24.7 Å². The topological polar surface area (TPSA) is 61.4 Å². The van der Waals surface area contributed by atoms with Crippen molar-refractivity contribution in [2.45, 2.75) is 32.4 Å². The molecule has 1 aliphatic rings. The Morgan fingerprint density at radius 1 is 1.04 bits per heavy atom. The third-order valence-corrected chi connectivity index (χ3v) is 5.10. The maximum atomic E-state index is 12.1. The van der Waals surface area contributed by atoms with Crippen LogP contribution in [0, 0.1) is 6.92 Å². The van der Waals surface area contributed by atoms with Crippen molar-refractivity contribution >= 4 is 11.8 Å². The minimum Gasteiger partial charge on any atom is -0.354 e. The van der Waals surface area contributed by atoms with E-state index < -0.39 is 0 Å². The highest BCUT2D eigenvalue weighted by Gasteiger charge is 2.23. The molecule has 0 saturated carbocycles. The zero-order valence-corrected chi connectivity index (χ0v) is 16.0. The van der Waals surface area contributed by atoms with Gasteiger partial charge in [-0.05, 0) is 43.7 Å². The molecule has 5 heteroatoms. The lowest BCUT2D eigenvalue weighted by Crippen LogP contribution is -2.45. The Morgan fingerprint density at radius 3 is 2.48 bits per heavy atom. The van der Waals surface area contributed by atoms with Crippen LogP contribution in [0.15, 0.2) is 48.5 Å². The summed E-state index contributed by atoms with van der Waals surface area (Å²) in [6.07, 6.45) is 1.22. The minimum absolute atomic E-state index is 0.0357. The molecule has 2 aromatic rings. The van der Waals surface area contributed by atoms with Crippen LogP contribution in [0.4, 0.5) is 0 Å². The molecule has 0 aliphatic carbocycles. The normalized spacial score (nSPS) is 16.4. The smallest absolute Gasteiger partial charge is 0.251 e. The predicted molar refractivity (Wildman–Crippen MR) is 107 cm³/mol. The van der Waals surface area contributed by atoms with Gasteiger partial charge >= 0.3 is 0 Å². The fourth-order valence-corrected chi connectivity index (χ4v) is 3.36. The molecule has 0 saturated heterocycles. The number of carbonyl (C=O) groups excluding carboxylic acids is 2. The van der Waals surface area contributed by atoms with Gasteiger partial charge in [0, 0.05) is 37.7 Å². The molecule has 0 aromatic heterocycles. The number of likely N-dealkylation sites (N-methyl/N-ethyl adjacent to an activating group) is 1. The van der Waals surface area contributed by atoms with Crippen LogP contribution >= 0.6 is 0 Å². The highest BCUT2D eigenvalue weighted by Crippen LogP contribution is 2.21. The molecule has 0 radical (unpaired) electrons. The first-order chi connectivity index (χ1) is 13.0. The molecule has 0 bridgehead atoms. The van der Waals surface area contributed by atoms with Crippen molar-refractivity contribution in [1.29, 1.82) is 0 Å². The van der Waals surface area contributed by atoms with Gasteiger partial charge in [0.05, 0.1) is 0 Å². The summed E-state index contributed by atoms with van der Waals surface area (Å²) in [5.41, 5.74) is 4.45. The summed E-state index contributed by atoms with van der Waals surface area (Å²) in [6, 6.07) is 16.2. The van der Waals surface area contributed by atoms with Crippen LogP contribution in [-0.2, 0) is 17.8 Å². The van der Waals surface area contributed by atoms with Crippen LogP contribution < -0.4 is 10.6 Å². The van der Waals surface area contributed by atoms with E-state index in [1.54, 1.807) is 12.1 Å². The minimum atomic E-state index is -0.147. The molecular formula is C22H27N3O2. The lowest BCUT2D eigenvalue weighted by atomic mass is 9.94. The second-order valence-electron chi connectivity index (χ2n) is 7.22. The van der Waals surface area contributed by atoms with Crippen LogP contribution in [-0.4, -0.2) is 42.9 Å². The number of carbonyl (C=O) groups is 2. The predicted octanol–water partition coefficient (Wildman–Crippen LogP) is 2.29. The van der Waals surface area contributed by atoms with Crippen molar-refractivity contribution in [2.24, 2.45) is 0 Å². The first kappa shape index (κ1) is 19.1. The second-order valence-corrected chi connectivity index (χ2v) is 7.22. The Kier molecular flexibility index (Phi) is 6.24. The van der Waals surface area contributed by atoms with Gasteiger partial charge in [-0.3, -0.25) is 14.5 Å². The summed E-state index contributed by atoms with van der Waals surface area (Å²) >= 11 is 0. The van der Waals surface area contributed by atoms with Crippen LogP contribution in [0.25, 0.3) is 0 Å². The van der Waals surface area contributed by atoms with Gasteiger partial charge in [-0.25, -0.2) is 0 Å². The average Bonchev–Trinajstić information content (AvgIpc) is 2.66. The van der Waals surface area contributed by atoms with Gasteiger partial charge in [0.15, 0.2) is 0 Å². The van der Waals surface area contributed by atoms with E-state index in [-0.39, 0.29) is 18.2 Å². The summed E-state index contributed by atoms with van der Waals surface area (Å²) in [4.78, 5) is 26.5. The molecule has 1 heterocycles. The first-order valence-corrected chi connectivity index (χ1v) is 9.41. The Balaban J connectivity index is 1.40. The quantitative estimate of drug-likeness (QED) is 0.826. The van der Waals surface area contributed by atoms with Crippen LogP contribution in [0.2, 0.25) is 0 Å². The standard InChI is InChI=1S/C22H27N3O2/c1-16-7-9-17(10-8-16)22(27)23-12-11-21(26)24-14-20-13-18-5-3-4-6-19(18)15-25(20)2/h3-10,20H,11-15H2,1-2H3,(H,23,27)(H,24,26). The number of nitrogens with one attached hydrogen (secondary N) is 2. The molecular weight excluding hydrogens is 338 g/mol. The molecule has 5 nitrogen and oxygen atoms in total. The van der Waals surface area contributed by atoms with Gasteiger partial charge < -0.3 is 10.6 Å². The molecule has 1 unspecified atom stereocenters. The van der Waals surface area contributed by atoms with E-state index in [2.05, 4.69) is 46.8 Å². The number of amides is 2. The largest absolute Gasteiger partial charge is 0.354 e. The molecule has 27 heavy (non-hydrogen) atoms. The van der Waals surface area contributed by atoms with E-state index in [1.807, 2.05) is 19.1 Å². The lowest BCUT2D eigenvalue weighted by Gasteiger charge is -2.34. The van der Waals surface area contributed by atoms with Crippen LogP contribution in [0.3, 0.4) is 0 Å². The van der Waals surface area contributed by atoms with Crippen molar-refractivity contribution in [1.82, 2.24) is 15.5 Å². The SMILES string of the molecule is Cc1ccc(C(=O)NCCC(=O)NCC2Cc3ccccc3CN2C)cc1. The van der Waals surface area contributed by atoms with E-state index in [4.69, 9.17) is 0 Å². The Bertz CT molecular complexity index is 801. The molecule has 0 spiro atoms. The third-order valence-electron chi connectivity index (χ3n) is 5.10. The van der Waals surface area contributed by atoms with Gasteiger partial charge in [-0.1, -0.05) is 42.0 Å². The van der Waals surface area contributed by atoms with E-state index >= 15 is 0 Å². The molecule has 1 aliphatic heterocycles. The Hall–Kier alpha value is -2.66. The summed E-state index contributed by atoms with van der Waals surface area (Å²) in [6.45, 7) is 3.84. The average molecular weight is 365 g/mol. The van der Waals surface area contributed by atoms with Gasteiger partial charge in [0.2, 0.25) is 5.91 Å². The monoisotopic (exact) mass is 365 g/mol. The number of rotatable bonds is 6. The molecule has 142 valence electrons. The molecule has 2 amide bonds. The van der Waals surface area contributed by atoms with Gasteiger partial charge in [0.1, 0.15) is 0 Å². The molecule has 2 aromatic carbocycles. The van der Waals surface area contributed by atoms with Gasteiger partial charge in [0.25, 0.3) is 5.91 Å². The van der Waals surface area contributed by atoms with E-state index in [0.717, 1.165) is 18.5 Å². The summed E-state index contributed by atoms with van der Waals surface area (Å²) in [7, 11) is 2.09. The van der Waals surface area contributed by atoms with Crippen molar-refractivity contribution in [3.05, 3.63) is 70.8 Å². The van der Waals surface area contributed by atoms with Crippen LogP contribution in [0.1, 0.15) is 33.5 Å². The molecule has 1 atom stereocenters. The first-order valence-electron chi connectivity index (χ1n) is 9.41. The van der Waals surface area contributed by atoms with Crippen molar-refractivity contribution in [2.75, 3.05) is 20.1 Å². The molecule has 0 fully saturated rings. The highest BCUT2D eigenvalue weighted by atomic mass is 16.2. The summed E-state index contributed by atoms with van der Waals surface area (Å²) < 4.78 is 0. The summed E-state index contributed by atoms with van der Waals surface area (Å²) in [5.74, 6) is -0.183. The highest BCUT2D eigenvalue weighted by molar-refractivity contribution is 5.94. The van der Waals surface area contributed by atoms with Gasteiger partial charge in [-0.2, -0.15) is 0 Å². The van der Waals surface area contributed by atoms with Crippen molar-refractivity contribution in [3.63, 3.8) is 0 Å². The fraction of sp³-hybridized carbons (Fsp3) is 0.364. The van der Waals surface area contributed by atoms with Crippen LogP contribution in [0.5, 0.6) is 0 Å². The Morgan fingerprint density at radius 2 is 1.74 bits per heavy atom.